The van der Waals surface area contributed by atoms with Gasteiger partial charge in [-0.1, -0.05) is 28.1 Å². The van der Waals surface area contributed by atoms with Crippen LogP contribution in [0.3, 0.4) is 0 Å². The Balaban J connectivity index is 1.88. The summed E-state index contributed by atoms with van der Waals surface area (Å²) in [5.74, 6) is 0.799. The summed E-state index contributed by atoms with van der Waals surface area (Å²) >= 11 is 3.33. The second-order valence-electron chi connectivity index (χ2n) is 3.66. The highest BCUT2D eigenvalue weighted by atomic mass is 79.9. The summed E-state index contributed by atoms with van der Waals surface area (Å²) in [7, 11) is 0. The van der Waals surface area contributed by atoms with Crippen LogP contribution >= 0.6 is 15.9 Å². The van der Waals surface area contributed by atoms with E-state index < -0.39 is 0 Å². The third-order valence-electron chi connectivity index (χ3n) is 2.40. The van der Waals surface area contributed by atoms with E-state index in [0.717, 1.165) is 10.3 Å². The summed E-state index contributed by atoms with van der Waals surface area (Å²) < 4.78 is 6.19. The Morgan fingerprint density at radius 2 is 2.18 bits per heavy atom. The van der Waals surface area contributed by atoms with Crippen molar-refractivity contribution in [2.75, 3.05) is 26.3 Å². The number of halogens is 1. The fourth-order valence-electron chi connectivity index (χ4n) is 1.49. The van der Waals surface area contributed by atoms with E-state index in [2.05, 4.69) is 26.2 Å². The molecule has 90 valence electrons. The van der Waals surface area contributed by atoms with Gasteiger partial charge in [-0.15, -0.1) is 0 Å². The van der Waals surface area contributed by atoms with Crippen molar-refractivity contribution >= 4 is 27.5 Å². The molecule has 0 unspecified atom stereocenters. The lowest BCUT2D eigenvalue weighted by molar-refractivity contribution is 0.0994. The predicted molar refractivity (Wildman–Crippen MR) is 69.6 cm³/mol. The van der Waals surface area contributed by atoms with Crippen molar-refractivity contribution in [2.24, 2.45) is 4.99 Å². The first-order chi connectivity index (χ1) is 8.25. The normalized spacial score (nSPS) is 15.2. The molecule has 1 aromatic carbocycles. The summed E-state index contributed by atoms with van der Waals surface area (Å²) in [6.07, 6.45) is 0. The van der Waals surface area contributed by atoms with Crippen LogP contribution in [-0.4, -0.2) is 37.9 Å². The smallest absolute Gasteiger partial charge is 0.181 e. The van der Waals surface area contributed by atoms with Crippen LogP contribution in [0.5, 0.6) is 0 Å². The molecule has 0 saturated heterocycles. The number of carbonyl (C=O) groups excluding carboxylic acids is 1. The fraction of sp³-hybridized carbons (Fsp3) is 0.333. The zero-order valence-corrected chi connectivity index (χ0v) is 10.9. The summed E-state index contributed by atoms with van der Waals surface area (Å²) in [5.41, 5.74) is 0.693. The second-order valence-corrected chi connectivity index (χ2v) is 4.58. The minimum Gasteiger partial charge on any atom is -0.372 e. The summed E-state index contributed by atoms with van der Waals surface area (Å²) in [6, 6.07) is 7.31. The van der Waals surface area contributed by atoms with Gasteiger partial charge < -0.3 is 10.1 Å². The monoisotopic (exact) mass is 296 g/mol. The lowest BCUT2D eigenvalue weighted by atomic mass is 10.1. The molecule has 4 nitrogen and oxygen atoms in total. The molecule has 0 aliphatic carbocycles. The predicted octanol–water partition coefficient (Wildman–Crippen LogP) is 1.65. The van der Waals surface area contributed by atoms with Gasteiger partial charge in [-0.25, -0.2) is 0 Å². The Hall–Kier alpha value is -1.20. The first-order valence-corrected chi connectivity index (χ1v) is 6.19. The Kier molecular flexibility index (Phi) is 4.28. The number of rotatable bonds is 3. The molecule has 0 amide bonds. The fourth-order valence-corrected chi connectivity index (χ4v) is 1.75. The summed E-state index contributed by atoms with van der Waals surface area (Å²) in [5, 5.41) is 3.00. The summed E-state index contributed by atoms with van der Waals surface area (Å²) in [6.45, 7) is 2.04. The topological polar surface area (TPSA) is 50.7 Å². The van der Waals surface area contributed by atoms with Crippen molar-refractivity contribution in [3.63, 3.8) is 0 Å². The minimum atomic E-state index is 0.0470. The molecule has 5 heteroatoms. The molecule has 1 N–H and O–H groups in total. The molecule has 0 spiro atoms. The molecule has 1 aliphatic heterocycles. The highest BCUT2D eigenvalue weighted by molar-refractivity contribution is 9.10. The number of amidine groups is 1. The molecule has 0 aromatic heterocycles. The number of hydrogen-bond acceptors (Lipinski definition) is 4. The summed E-state index contributed by atoms with van der Waals surface area (Å²) in [4.78, 5) is 16.1. The number of hydrogen-bond donors (Lipinski definition) is 1. The van der Waals surface area contributed by atoms with Gasteiger partial charge in [0.15, 0.2) is 5.78 Å². The van der Waals surface area contributed by atoms with Crippen molar-refractivity contribution in [1.82, 2.24) is 5.32 Å². The van der Waals surface area contributed by atoms with Crippen molar-refractivity contribution in [1.29, 1.82) is 0 Å². The highest BCUT2D eigenvalue weighted by Gasteiger charge is 2.09. The van der Waals surface area contributed by atoms with Crippen LogP contribution in [0.2, 0.25) is 0 Å². The molecule has 0 atom stereocenters. The van der Waals surface area contributed by atoms with E-state index in [0.29, 0.717) is 25.3 Å². The Labute approximate surface area is 108 Å². The van der Waals surface area contributed by atoms with Gasteiger partial charge in [-0.3, -0.25) is 9.79 Å². The molecule has 0 radical (unpaired) electrons. The van der Waals surface area contributed by atoms with Gasteiger partial charge >= 0.3 is 0 Å². The SMILES string of the molecule is O=C(CNC1=NCCOC1)c1ccc(Br)cc1. The van der Waals surface area contributed by atoms with E-state index in [1.54, 1.807) is 12.1 Å². The van der Waals surface area contributed by atoms with Crippen LogP contribution in [0, 0.1) is 0 Å². The van der Waals surface area contributed by atoms with E-state index in [4.69, 9.17) is 4.74 Å². The van der Waals surface area contributed by atoms with Gasteiger partial charge in [0.2, 0.25) is 0 Å². The molecule has 0 saturated carbocycles. The Bertz CT molecular complexity index is 429. The molecule has 0 fully saturated rings. The van der Waals surface area contributed by atoms with Gasteiger partial charge in [0, 0.05) is 10.0 Å². The van der Waals surface area contributed by atoms with Crippen molar-refractivity contribution in [3.05, 3.63) is 34.3 Å². The first kappa shape index (κ1) is 12.3. The number of carbonyl (C=O) groups is 1. The number of ether oxygens (including phenoxy) is 1. The molecule has 17 heavy (non-hydrogen) atoms. The Morgan fingerprint density at radius 1 is 1.41 bits per heavy atom. The largest absolute Gasteiger partial charge is 0.372 e. The molecule has 1 aliphatic rings. The van der Waals surface area contributed by atoms with E-state index in [-0.39, 0.29) is 12.3 Å². The van der Waals surface area contributed by atoms with Gasteiger partial charge in [0.1, 0.15) is 12.4 Å². The van der Waals surface area contributed by atoms with Gasteiger partial charge in [0.05, 0.1) is 19.7 Å². The third-order valence-corrected chi connectivity index (χ3v) is 2.92. The molecule has 2 rings (SSSR count). The number of nitrogens with zero attached hydrogens (tertiary/aromatic N) is 1. The third kappa shape index (κ3) is 3.64. The number of benzene rings is 1. The van der Waals surface area contributed by atoms with Gasteiger partial charge in [-0.05, 0) is 12.1 Å². The quantitative estimate of drug-likeness (QED) is 0.863. The van der Waals surface area contributed by atoms with Crippen LogP contribution in [0.1, 0.15) is 10.4 Å². The zero-order valence-electron chi connectivity index (χ0n) is 9.28. The van der Waals surface area contributed by atoms with Crippen LogP contribution in [0.15, 0.2) is 33.7 Å². The standard InChI is InChI=1S/C12H13BrN2O2/c13-10-3-1-9(2-4-10)11(16)7-15-12-8-17-6-5-14-12/h1-4H,5-8H2,(H,14,15). The number of Topliss-reactive ketones (excluding diaryl/α,β-unsaturated/α-hetero) is 1. The number of aliphatic imine (C=N–C) groups is 1. The average molecular weight is 297 g/mol. The number of ketones is 1. The van der Waals surface area contributed by atoms with Crippen molar-refractivity contribution < 1.29 is 9.53 Å². The lowest BCUT2D eigenvalue weighted by Crippen LogP contribution is -2.35. The van der Waals surface area contributed by atoms with E-state index in [1.165, 1.54) is 0 Å². The molecular weight excluding hydrogens is 284 g/mol. The lowest BCUT2D eigenvalue weighted by Gasteiger charge is -2.14. The number of nitrogens with one attached hydrogen (secondary N) is 1. The van der Waals surface area contributed by atoms with Crippen LogP contribution < -0.4 is 5.32 Å². The van der Waals surface area contributed by atoms with Crippen LogP contribution in [0.4, 0.5) is 0 Å². The molecule has 1 heterocycles. The minimum absolute atomic E-state index is 0.0470. The van der Waals surface area contributed by atoms with Gasteiger partial charge in [-0.2, -0.15) is 0 Å². The van der Waals surface area contributed by atoms with Gasteiger partial charge in [0.25, 0.3) is 0 Å². The van der Waals surface area contributed by atoms with E-state index in [1.807, 2.05) is 12.1 Å². The molecular formula is C12H13BrN2O2. The van der Waals surface area contributed by atoms with E-state index in [9.17, 15) is 4.79 Å². The van der Waals surface area contributed by atoms with Crippen LogP contribution in [0.25, 0.3) is 0 Å². The average Bonchev–Trinajstić information content (AvgIpc) is 2.38. The maximum absolute atomic E-state index is 11.8. The maximum Gasteiger partial charge on any atom is 0.181 e. The van der Waals surface area contributed by atoms with Crippen molar-refractivity contribution in [2.45, 2.75) is 0 Å². The maximum atomic E-state index is 11.8. The van der Waals surface area contributed by atoms with Crippen LogP contribution in [-0.2, 0) is 4.74 Å². The highest BCUT2D eigenvalue weighted by Crippen LogP contribution is 2.10. The molecule has 1 aromatic rings. The second kappa shape index (κ2) is 5.93. The zero-order chi connectivity index (χ0) is 12.1. The van der Waals surface area contributed by atoms with E-state index >= 15 is 0 Å². The van der Waals surface area contributed by atoms with Crippen molar-refractivity contribution in [3.8, 4) is 0 Å². The Morgan fingerprint density at radius 3 is 2.82 bits per heavy atom. The molecule has 0 bridgehead atoms. The first-order valence-electron chi connectivity index (χ1n) is 5.39.